The zero-order valence-electron chi connectivity index (χ0n) is 9.88. The highest BCUT2D eigenvalue weighted by atomic mass is 79.9. The van der Waals surface area contributed by atoms with E-state index in [1.54, 1.807) is 6.07 Å². The van der Waals surface area contributed by atoms with Crippen LogP contribution in [0.5, 0.6) is 5.75 Å². The van der Waals surface area contributed by atoms with Gasteiger partial charge in [-0.2, -0.15) is 0 Å². The van der Waals surface area contributed by atoms with Crippen LogP contribution in [0.15, 0.2) is 19.5 Å². The molecule has 18 heavy (non-hydrogen) atoms. The molecule has 104 valence electrons. The van der Waals surface area contributed by atoms with Crippen molar-refractivity contribution in [3.8, 4) is 5.75 Å². The molecule has 0 spiro atoms. The summed E-state index contributed by atoms with van der Waals surface area (Å²) in [7, 11) is 0. The molecule has 0 fully saturated rings. The molecule has 0 radical (unpaired) electrons. The molecular formula is C11H15Br3ClNO2. The lowest BCUT2D eigenvalue weighted by Gasteiger charge is -2.31. The van der Waals surface area contributed by atoms with E-state index in [0.717, 1.165) is 10.0 Å². The average Bonchev–Trinajstić information content (AvgIpc) is 2.26. The first-order chi connectivity index (χ1) is 7.72. The van der Waals surface area contributed by atoms with E-state index >= 15 is 0 Å². The fraction of sp³-hybridized carbons (Fsp3) is 0.455. The smallest absolute Gasteiger partial charge is 0.144 e. The van der Waals surface area contributed by atoms with Crippen molar-refractivity contribution in [1.29, 1.82) is 0 Å². The van der Waals surface area contributed by atoms with Crippen molar-refractivity contribution in [3.63, 3.8) is 0 Å². The van der Waals surface area contributed by atoms with Gasteiger partial charge in [0, 0.05) is 28.1 Å². The lowest BCUT2D eigenvalue weighted by Crippen LogP contribution is -2.33. The van der Waals surface area contributed by atoms with Gasteiger partial charge in [-0.3, -0.25) is 0 Å². The van der Waals surface area contributed by atoms with Crippen molar-refractivity contribution < 1.29 is 10.2 Å². The maximum Gasteiger partial charge on any atom is 0.144 e. The van der Waals surface area contributed by atoms with Crippen molar-refractivity contribution in [2.45, 2.75) is 19.9 Å². The second-order valence-corrected chi connectivity index (χ2v) is 7.04. The zero-order valence-corrected chi connectivity index (χ0v) is 15.5. The summed E-state index contributed by atoms with van der Waals surface area (Å²) in [6.07, 6.45) is 0. The highest BCUT2D eigenvalue weighted by molar-refractivity contribution is 9.11. The first-order valence-electron chi connectivity index (χ1n) is 4.95. The van der Waals surface area contributed by atoms with E-state index in [4.69, 9.17) is 5.73 Å². The van der Waals surface area contributed by atoms with Crippen molar-refractivity contribution in [1.82, 2.24) is 0 Å². The van der Waals surface area contributed by atoms with E-state index in [-0.39, 0.29) is 24.8 Å². The lowest BCUT2D eigenvalue weighted by molar-refractivity contribution is 0.131. The maximum atomic E-state index is 9.87. The van der Waals surface area contributed by atoms with Crippen LogP contribution in [0, 0.1) is 5.41 Å². The van der Waals surface area contributed by atoms with Gasteiger partial charge < -0.3 is 15.9 Å². The molecule has 0 unspecified atom stereocenters. The number of phenols is 1. The molecule has 0 aliphatic rings. The highest BCUT2D eigenvalue weighted by Crippen LogP contribution is 2.45. The van der Waals surface area contributed by atoms with Gasteiger partial charge in [-0.1, -0.05) is 29.8 Å². The quantitative estimate of drug-likeness (QED) is 0.626. The SMILES string of the molecule is CC(C)(CO)[C@@H](N)c1c(Br)cc(Br)c(O)c1Br.Cl. The van der Waals surface area contributed by atoms with Crippen LogP contribution in [0.3, 0.4) is 0 Å². The molecule has 1 aromatic rings. The van der Waals surface area contributed by atoms with Crippen molar-refractivity contribution >= 4 is 60.2 Å². The molecule has 0 aliphatic heterocycles. The van der Waals surface area contributed by atoms with Gasteiger partial charge in [0.25, 0.3) is 0 Å². The van der Waals surface area contributed by atoms with Gasteiger partial charge in [-0.05, 0) is 37.9 Å². The number of halogens is 4. The Morgan fingerprint density at radius 1 is 1.28 bits per heavy atom. The standard InChI is InChI=1S/C11H14Br3NO2.ClH/c1-11(2,4-16)10(15)7-5(12)3-6(13)9(17)8(7)14;/h3,10,16-17H,4,15H2,1-2H3;1H/t10-;/m0./s1. The Morgan fingerprint density at radius 2 is 1.78 bits per heavy atom. The fourth-order valence-corrected chi connectivity index (χ4v) is 3.98. The molecule has 7 heteroatoms. The first kappa shape index (κ1) is 18.7. The van der Waals surface area contributed by atoms with E-state index < -0.39 is 11.5 Å². The Kier molecular flexibility index (Phi) is 7.16. The number of benzene rings is 1. The number of hydrogen-bond donors (Lipinski definition) is 3. The van der Waals surface area contributed by atoms with Gasteiger partial charge in [0.15, 0.2) is 0 Å². The number of nitrogens with two attached hydrogens (primary N) is 1. The Hall–Kier alpha value is 0.670. The van der Waals surface area contributed by atoms with Gasteiger partial charge >= 0.3 is 0 Å². The Labute approximate surface area is 138 Å². The molecule has 1 atom stereocenters. The molecule has 0 bridgehead atoms. The van der Waals surface area contributed by atoms with Crippen LogP contribution in [-0.4, -0.2) is 16.8 Å². The molecule has 1 aromatic carbocycles. The minimum Gasteiger partial charge on any atom is -0.506 e. The molecule has 1 rings (SSSR count). The Balaban J connectivity index is 0.00000289. The molecule has 0 aromatic heterocycles. The van der Waals surface area contributed by atoms with Crippen LogP contribution in [0.4, 0.5) is 0 Å². The molecule has 0 heterocycles. The topological polar surface area (TPSA) is 66.5 Å². The van der Waals surface area contributed by atoms with Crippen LogP contribution >= 0.6 is 60.2 Å². The molecular weight excluding hydrogens is 453 g/mol. The number of hydrogen-bond acceptors (Lipinski definition) is 3. The van der Waals surface area contributed by atoms with Gasteiger partial charge in [0.05, 0.1) is 8.95 Å². The maximum absolute atomic E-state index is 9.87. The fourth-order valence-electron chi connectivity index (χ4n) is 1.37. The molecule has 0 saturated carbocycles. The first-order valence-corrected chi connectivity index (χ1v) is 7.33. The number of phenolic OH excluding ortho intramolecular Hbond substituents is 1. The molecule has 4 N–H and O–H groups in total. The van der Waals surface area contributed by atoms with E-state index in [2.05, 4.69) is 47.8 Å². The van der Waals surface area contributed by atoms with E-state index in [1.165, 1.54) is 0 Å². The minimum atomic E-state index is -0.481. The predicted octanol–water partition coefficient (Wildman–Crippen LogP) is 4.12. The number of aromatic hydroxyl groups is 1. The van der Waals surface area contributed by atoms with Crippen LogP contribution in [0.2, 0.25) is 0 Å². The minimum absolute atomic E-state index is 0. The van der Waals surface area contributed by atoms with E-state index in [9.17, 15) is 10.2 Å². The van der Waals surface area contributed by atoms with Gasteiger partial charge in [0.1, 0.15) is 5.75 Å². The summed E-state index contributed by atoms with van der Waals surface area (Å²) >= 11 is 10.0. The van der Waals surface area contributed by atoms with Crippen LogP contribution < -0.4 is 5.73 Å². The predicted molar refractivity (Wildman–Crippen MR) is 86.2 cm³/mol. The van der Waals surface area contributed by atoms with Gasteiger partial charge in [-0.15, -0.1) is 12.4 Å². The van der Waals surface area contributed by atoms with E-state index in [0.29, 0.717) is 8.95 Å². The third kappa shape index (κ3) is 3.61. The summed E-state index contributed by atoms with van der Waals surface area (Å²) in [5.41, 5.74) is 6.42. The van der Waals surface area contributed by atoms with Gasteiger partial charge in [0.2, 0.25) is 0 Å². The lowest BCUT2D eigenvalue weighted by atomic mass is 9.82. The summed E-state index contributed by atoms with van der Waals surface area (Å²) in [6, 6.07) is 1.33. The number of aliphatic hydroxyl groups excluding tert-OH is 1. The van der Waals surface area contributed by atoms with Crippen LogP contribution in [0.1, 0.15) is 25.5 Å². The average molecular weight is 468 g/mol. The highest BCUT2D eigenvalue weighted by Gasteiger charge is 2.31. The number of aliphatic hydroxyl groups is 1. The molecule has 0 saturated heterocycles. The van der Waals surface area contributed by atoms with E-state index in [1.807, 2.05) is 13.8 Å². The Bertz CT molecular complexity index is 441. The summed E-state index contributed by atoms with van der Waals surface area (Å²) in [6.45, 7) is 3.70. The second kappa shape index (κ2) is 6.90. The van der Waals surface area contributed by atoms with Crippen LogP contribution in [-0.2, 0) is 0 Å². The normalized spacial score (nSPS) is 13.1. The summed E-state index contributed by atoms with van der Waals surface area (Å²) in [5, 5.41) is 19.2. The number of rotatable bonds is 3. The largest absolute Gasteiger partial charge is 0.506 e. The Morgan fingerprint density at radius 3 is 2.22 bits per heavy atom. The zero-order chi connectivity index (χ0) is 13.4. The van der Waals surface area contributed by atoms with Crippen molar-refractivity contribution in [3.05, 3.63) is 25.0 Å². The van der Waals surface area contributed by atoms with Crippen molar-refractivity contribution in [2.75, 3.05) is 6.61 Å². The second-order valence-electron chi connectivity index (χ2n) is 4.54. The molecule has 0 amide bonds. The third-order valence-electron chi connectivity index (χ3n) is 2.74. The molecule has 3 nitrogen and oxygen atoms in total. The van der Waals surface area contributed by atoms with Gasteiger partial charge in [-0.25, -0.2) is 0 Å². The molecule has 0 aliphatic carbocycles. The summed E-state index contributed by atoms with van der Waals surface area (Å²) in [4.78, 5) is 0. The van der Waals surface area contributed by atoms with Crippen molar-refractivity contribution in [2.24, 2.45) is 11.1 Å². The van der Waals surface area contributed by atoms with Crippen LogP contribution in [0.25, 0.3) is 0 Å². The summed E-state index contributed by atoms with van der Waals surface area (Å²) < 4.78 is 1.89. The monoisotopic (exact) mass is 465 g/mol. The third-order valence-corrected chi connectivity index (χ3v) is 4.81. The summed E-state index contributed by atoms with van der Waals surface area (Å²) in [5.74, 6) is 0.104.